The highest BCUT2D eigenvalue weighted by molar-refractivity contribution is 7.79. The lowest BCUT2D eigenvalue weighted by atomic mass is 10.2. The second kappa shape index (κ2) is 4.63. The molecular formula is C13H11F2NS2. The third-order valence-electron chi connectivity index (χ3n) is 3.01. The minimum atomic E-state index is -0.559. The van der Waals surface area contributed by atoms with Crippen molar-refractivity contribution in [3.05, 3.63) is 40.4 Å². The number of thiazole rings is 1. The Balaban J connectivity index is 2.11. The largest absolute Gasteiger partial charge is 0.240 e. The molecule has 1 nitrogen and oxygen atoms in total. The summed E-state index contributed by atoms with van der Waals surface area (Å²) in [6.45, 7) is 0. The van der Waals surface area contributed by atoms with Gasteiger partial charge in [0, 0.05) is 16.5 Å². The lowest BCUT2D eigenvalue weighted by molar-refractivity contribution is 0.589. The van der Waals surface area contributed by atoms with Gasteiger partial charge < -0.3 is 0 Å². The second-order valence-corrected chi connectivity index (χ2v) is 5.76. The van der Waals surface area contributed by atoms with Gasteiger partial charge in [-0.1, -0.05) is 6.07 Å². The molecule has 1 aliphatic carbocycles. The molecule has 1 fully saturated rings. The van der Waals surface area contributed by atoms with E-state index in [1.807, 2.05) is 0 Å². The summed E-state index contributed by atoms with van der Waals surface area (Å²) >= 11 is 5.60. The van der Waals surface area contributed by atoms with Crippen molar-refractivity contribution < 1.29 is 8.78 Å². The molecule has 18 heavy (non-hydrogen) atoms. The summed E-state index contributed by atoms with van der Waals surface area (Å²) < 4.78 is 27.4. The highest BCUT2D eigenvalue weighted by atomic mass is 32.1. The molecule has 0 atom stereocenters. The summed E-state index contributed by atoms with van der Waals surface area (Å²) in [5.74, 6) is -0.0832. The van der Waals surface area contributed by atoms with E-state index in [4.69, 9.17) is 0 Å². The number of hydrogen-bond acceptors (Lipinski definition) is 3. The van der Waals surface area contributed by atoms with Gasteiger partial charge in [0.1, 0.15) is 16.6 Å². The van der Waals surface area contributed by atoms with Crippen LogP contribution in [0.5, 0.6) is 0 Å². The van der Waals surface area contributed by atoms with E-state index < -0.39 is 11.6 Å². The van der Waals surface area contributed by atoms with E-state index in [0.717, 1.165) is 23.4 Å². The number of thiol groups is 1. The van der Waals surface area contributed by atoms with Crippen LogP contribution >= 0.6 is 24.0 Å². The third kappa shape index (κ3) is 2.06. The van der Waals surface area contributed by atoms with Gasteiger partial charge in [-0.25, -0.2) is 13.8 Å². The van der Waals surface area contributed by atoms with Gasteiger partial charge in [-0.15, -0.1) is 11.3 Å². The van der Waals surface area contributed by atoms with Crippen LogP contribution in [-0.4, -0.2) is 4.98 Å². The molecule has 3 rings (SSSR count). The fourth-order valence-corrected chi connectivity index (χ4v) is 3.37. The lowest BCUT2D eigenvalue weighted by Crippen LogP contribution is -1.90. The molecule has 0 amide bonds. The average molecular weight is 283 g/mol. The van der Waals surface area contributed by atoms with Crippen LogP contribution < -0.4 is 0 Å². The molecule has 0 unspecified atom stereocenters. The Kier molecular flexibility index (Phi) is 3.11. The molecule has 0 spiro atoms. The molecule has 0 saturated heterocycles. The molecule has 1 aromatic carbocycles. The monoisotopic (exact) mass is 283 g/mol. The van der Waals surface area contributed by atoms with Crippen molar-refractivity contribution in [1.29, 1.82) is 0 Å². The van der Waals surface area contributed by atoms with Crippen LogP contribution in [-0.2, 0) is 5.75 Å². The summed E-state index contributed by atoms with van der Waals surface area (Å²) in [7, 11) is 0. The van der Waals surface area contributed by atoms with E-state index in [2.05, 4.69) is 17.6 Å². The highest BCUT2D eigenvalue weighted by Crippen LogP contribution is 2.45. The summed E-state index contributed by atoms with van der Waals surface area (Å²) in [5.41, 5.74) is 0.963. The predicted octanol–water partition coefficient (Wildman–Crippen LogP) is 4.40. The van der Waals surface area contributed by atoms with Gasteiger partial charge in [0.25, 0.3) is 0 Å². The number of hydrogen-bond donors (Lipinski definition) is 1. The zero-order chi connectivity index (χ0) is 12.7. The fraction of sp³-hybridized carbons (Fsp3) is 0.308. The Labute approximate surface area is 113 Å². The van der Waals surface area contributed by atoms with Crippen LogP contribution in [0.2, 0.25) is 0 Å². The SMILES string of the molecule is Fc1cccc(F)c1-c1nc(C2CC2)c(CS)s1. The van der Waals surface area contributed by atoms with Crippen molar-refractivity contribution in [3.8, 4) is 10.6 Å². The molecule has 1 aromatic heterocycles. The van der Waals surface area contributed by atoms with E-state index in [-0.39, 0.29) is 5.56 Å². The van der Waals surface area contributed by atoms with Gasteiger partial charge in [-0.3, -0.25) is 0 Å². The minimum absolute atomic E-state index is 0.0163. The maximum atomic E-state index is 13.7. The van der Waals surface area contributed by atoms with Crippen LogP contribution in [0.3, 0.4) is 0 Å². The summed E-state index contributed by atoms with van der Waals surface area (Å²) in [6, 6.07) is 3.89. The smallest absolute Gasteiger partial charge is 0.136 e. The quantitative estimate of drug-likeness (QED) is 0.824. The van der Waals surface area contributed by atoms with Gasteiger partial charge >= 0.3 is 0 Å². The lowest BCUT2D eigenvalue weighted by Gasteiger charge is -1.99. The van der Waals surface area contributed by atoms with E-state index in [1.165, 1.54) is 29.5 Å². The molecule has 5 heteroatoms. The van der Waals surface area contributed by atoms with Gasteiger partial charge in [0.15, 0.2) is 0 Å². The van der Waals surface area contributed by atoms with E-state index >= 15 is 0 Å². The first-order valence-electron chi connectivity index (χ1n) is 5.75. The first kappa shape index (κ1) is 12.1. The zero-order valence-corrected chi connectivity index (χ0v) is 11.2. The van der Waals surface area contributed by atoms with E-state index in [0.29, 0.717) is 16.7 Å². The highest BCUT2D eigenvalue weighted by Gasteiger charge is 2.30. The molecule has 1 aliphatic rings. The van der Waals surface area contributed by atoms with Crippen LogP contribution in [0.15, 0.2) is 18.2 Å². The van der Waals surface area contributed by atoms with E-state index in [9.17, 15) is 8.78 Å². The zero-order valence-electron chi connectivity index (χ0n) is 9.49. The number of aromatic nitrogens is 1. The molecule has 0 radical (unpaired) electrons. The first-order chi connectivity index (χ1) is 8.70. The van der Waals surface area contributed by atoms with Crippen molar-refractivity contribution in [2.24, 2.45) is 0 Å². The summed E-state index contributed by atoms with van der Waals surface area (Å²) in [6.07, 6.45) is 2.23. The number of benzene rings is 1. The Bertz CT molecular complexity index is 570. The third-order valence-corrected chi connectivity index (χ3v) is 4.63. The maximum Gasteiger partial charge on any atom is 0.136 e. The van der Waals surface area contributed by atoms with Crippen molar-refractivity contribution >= 4 is 24.0 Å². The molecule has 94 valence electrons. The summed E-state index contributed by atoms with van der Waals surface area (Å²) in [4.78, 5) is 5.45. The van der Waals surface area contributed by atoms with Crippen molar-refractivity contribution in [2.45, 2.75) is 24.5 Å². The molecule has 0 bridgehead atoms. The molecule has 1 heterocycles. The standard InChI is InChI=1S/C13H11F2NS2/c14-8-2-1-3-9(15)11(8)13-16-12(7-4-5-7)10(6-17)18-13/h1-3,7,17H,4-6H2. The minimum Gasteiger partial charge on any atom is -0.240 e. The topological polar surface area (TPSA) is 12.9 Å². The Morgan fingerprint density at radius 1 is 1.28 bits per heavy atom. The number of rotatable bonds is 3. The van der Waals surface area contributed by atoms with Gasteiger partial charge in [-0.05, 0) is 25.0 Å². The summed E-state index contributed by atoms with van der Waals surface area (Å²) in [5, 5.41) is 0.427. The van der Waals surface area contributed by atoms with Crippen molar-refractivity contribution in [1.82, 2.24) is 4.98 Å². The predicted molar refractivity (Wildman–Crippen MR) is 72.1 cm³/mol. The maximum absolute atomic E-state index is 13.7. The molecule has 1 saturated carbocycles. The van der Waals surface area contributed by atoms with Crippen LogP contribution in [0.25, 0.3) is 10.6 Å². The normalized spacial score (nSPS) is 15.1. The molecule has 0 N–H and O–H groups in total. The first-order valence-corrected chi connectivity index (χ1v) is 7.20. The molecule has 2 aromatic rings. The molecule has 0 aliphatic heterocycles. The molecular weight excluding hydrogens is 272 g/mol. The Morgan fingerprint density at radius 3 is 2.50 bits per heavy atom. The van der Waals surface area contributed by atoms with Gasteiger partial charge in [-0.2, -0.15) is 12.6 Å². The average Bonchev–Trinajstić information content (AvgIpc) is 3.10. The van der Waals surface area contributed by atoms with Gasteiger partial charge in [0.2, 0.25) is 0 Å². The van der Waals surface area contributed by atoms with Crippen LogP contribution in [0.4, 0.5) is 8.78 Å². The fourth-order valence-electron chi connectivity index (χ4n) is 1.96. The van der Waals surface area contributed by atoms with Crippen molar-refractivity contribution in [3.63, 3.8) is 0 Å². The Morgan fingerprint density at radius 2 is 1.94 bits per heavy atom. The number of halogens is 2. The van der Waals surface area contributed by atoms with E-state index in [1.54, 1.807) is 0 Å². The van der Waals surface area contributed by atoms with Crippen LogP contribution in [0.1, 0.15) is 29.3 Å². The van der Waals surface area contributed by atoms with Gasteiger partial charge in [0.05, 0.1) is 11.3 Å². The second-order valence-electron chi connectivity index (χ2n) is 4.36. The van der Waals surface area contributed by atoms with Crippen molar-refractivity contribution in [2.75, 3.05) is 0 Å². The Hall–Kier alpha value is -0.940. The number of nitrogens with zero attached hydrogens (tertiary/aromatic N) is 1. The van der Waals surface area contributed by atoms with Crippen LogP contribution in [0, 0.1) is 11.6 Å².